The van der Waals surface area contributed by atoms with Crippen molar-refractivity contribution < 1.29 is 4.42 Å². The molecule has 1 aromatic carbocycles. The third-order valence-corrected chi connectivity index (χ3v) is 3.11. The van der Waals surface area contributed by atoms with Crippen LogP contribution in [-0.4, -0.2) is 16.7 Å². The molecule has 2 aromatic rings. The van der Waals surface area contributed by atoms with Crippen molar-refractivity contribution in [3.8, 4) is 11.5 Å². The predicted molar refractivity (Wildman–Crippen MR) is 64.7 cm³/mol. The Labute approximate surface area is 104 Å². The molecule has 1 aromatic heterocycles. The van der Waals surface area contributed by atoms with Crippen molar-refractivity contribution in [2.24, 2.45) is 0 Å². The molecule has 88 valence electrons. The standard InChI is InChI=1S/C12H12ClN3O/c13-9-4-1-3-8(7-9)11-15-16-12(17-11)10-5-2-6-14-10/h1,3-4,7,10,14H,2,5-6H2/t10-/m1/s1. The predicted octanol–water partition coefficient (Wildman–Crippen LogP) is 2.81. The highest BCUT2D eigenvalue weighted by molar-refractivity contribution is 6.30. The quantitative estimate of drug-likeness (QED) is 0.889. The van der Waals surface area contributed by atoms with E-state index in [2.05, 4.69) is 15.5 Å². The van der Waals surface area contributed by atoms with Gasteiger partial charge in [0.1, 0.15) is 0 Å². The Balaban J connectivity index is 1.89. The number of nitrogens with one attached hydrogen (secondary N) is 1. The van der Waals surface area contributed by atoms with Gasteiger partial charge in [-0.1, -0.05) is 17.7 Å². The van der Waals surface area contributed by atoms with Crippen LogP contribution in [0.3, 0.4) is 0 Å². The summed E-state index contributed by atoms with van der Waals surface area (Å²) >= 11 is 5.93. The van der Waals surface area contributed by atoms with E-state index in [-0.39, 0.29) is 6.04 Å². The molecule has 1 aliphatic heterocycles. The molecule has 0 radical (unpaired) electrons. The second-order valence-corrected chi connectivity index (χ2v) is 4.54. The van der Waals surface area contributed by atoms with Crippen LogP contribution in [0.5, 0.6) is 0 Å². The summed E-state index contributed by atoms with van der Waals surface area (Å²) in [5.74, 6) is 1.19. The number of halogens is 1. The fraction of sp³-hybridized carbons (Fsp3) is 0.333. The highest BCUT2D eigenvalue weighted by atomic mass is 35.5. The van der Waals surface area contributed by atoms with Crippen molar-refractivity contribution in [2.45, 2.75) is 18.9 Å². The highest BCUT2D eigenvalue weighted by Gasteiger charge is 2.22. The minimum absolute atomic E-state index is 0.204. The molecule has 17 heavy (non-hydrogen) atoms. The molecule has 1 N–H and O–H groups in total. The molecular weight excluding hydrogens is 238 g/mol. The molecule has 1 aliphatic rings. The molecule has 0 amide bonds. The summed E-state index contributed by atoms with van der Waals surface area (Å²) in [7, 11) is 0. The van der Waals surface area contributed by atoms with Gasteiger partial charge >= 0.3 is 0 Å². The summed E-state index contributed by atoms with van der Waals surface area (Å²) in [6, 6.07) is 7.62. The van der Waals surface area contributed by atoms with Gasteiger partial charge in [-0.25, -0.2) is 0 Å². The minimum Gasteiger partial charge on any atom is -0.419 e. The van der Waals surface area contributed by atoms with E-state index in [0.29, 0.717) is 16.8 Å². The highest BCUT2D eigenvalue weighted by Crippen LogP contribution is 2.26. The number of nitrogens with zero attached hydrogens (tertiary/aromatic N) is 2. The van der Waals surface area contributed by atoms with Crippen molar-refractivity contribution in [1.29, 1.82) is 0 Å². The summed E-state index contributed by atoms with van der Waals surface area (Å²) in [6.45, 7) is 1.01. The van der Waals surface area contributed by atoms with Gasteiger partial charge < -0.3 is 9.73 Å². The Morgan fingerprint density at radius 3 is 3.06 bits per heavy atom. The maximum absolute atomic E-state index is 5.93. The first-order valence-electron chi connectivity index (χ1n) is 5.65. The average molecular weight is 250 g/mol. The van der Waals surface area contributed by atoms with Crippen LogP contribution in [0.25, 0.3) is 11.5 Å². The SMILES string of the molecule is Clc1cccc(-c2nnc([C@H]3CCCN3)o2)c1. The Bertz CT molecular complexity index is 520. The molecule has 2 heterocycles. The Kier molecular flexibility index (Phi) is 2.82. The van der Waals surface area contributed by atoms with Crippen molar-refractivity contribution in [2.75, 3.05) is 6.54 Å². The normalized spacial score (nSPS) is 19.7. The van der Waals surface area contributed by atoms with E-state index in [1.807, 2.05) is 24.3 Å². The molecule has 3 rings (SSSR count). The van der Waals surface area contributed by atoms with Gasteiger partial charge in [0.25, 0.3) is 0 Å². The number of benzene rings is 1. The second-order valence-electron chi connectivity index (χ2n) is 4.10. The van der Waals surface area contributed by atoms with Crippen molar-refractivity contribution >= 4 is 11.6 Å². The van der Waals surface area contributed by atoms with Gasteiger partial charge in [0, 0.05) is 10.6 Å². The lowest BCUT2D eigenvalue weighted by Gasteiger charge is -2.02. The second kappa shape index (κ2) is 4.47. The van der Waals surface area contributed by atoms with Crippen LogP contribution in [0.15, 0.2) is 28.7 Å². The van der Waals surface area contributed by atoms with E-state index < -0.39 is 0 Å². The molecule has 0 saturated carbocycles. The topological polar surface area (TPSA) is 51.0 Å². The van der Waals surface area contributed by atoms with Gasteiger partial charge in [0.05, 0.1) is 6.04 Å². The first kappa shape index (κ1) is 10.7. The summed E-state index contributed by atoms with van der Waals surface area (Å²) in [5.41, 5.74) is 0.856. The van der Waals surface area contributed by atoms with E-state index >= 15 is 0 Å². The van der Waals surface area contributed by atoms with E-state index in [1.165, 1.54) is 0 Å². The van der Waals surface area contributed by atoms with Gasteiger partial charge in [0.2, 0.25) is 11.8 Å². The summed E-state index contributed by atoms with van der Waals surface area (Å²) < 4.78 is 5.67. The molecular formula is C12H12ClN3O. The molecule has 1 atom stereocenters. The lowest BCUT2D eigenvalue weighted by atomic mass is 10.2. The zero-order valence-electron chi connectivity index (χ0n) is 9.19. The minimum atomic E-state index is 0.204. The molecule has 5 heteroatoms. The van der Waals surface area contributed by atoms with Gasteiger partial charge in [-0.05, 0) is 37.6 Å². The van der Waals surface area contributed by atoms with Crippen LogP contribution in [0.1, 0.15) is 24.8 Å². The number of rotatable bonds is 2. The fourth-order valence-electron chi connectivity index (χ4n) is 2.01. The zero-order valence-corrected chi connectivity index (χ0v) is 9.94. The van der Waals surface area contributed by atoms with Crippen LogP contribution in [0, 0.1) is 0 Å². The maximum Gasteiger partial charge on any atom is 0.247 e. The van der Waals surface area contributed by atoms with Crippen LogP contribution in [0.4, 0.5) is 0 Å². The molecule has 0 unspecified atom stereocenters. The smallest absolute Gasteiger partial charge is 0.247 e. The molecule has 4 nitrogen and oxygen atoms in total. The maximum atomic E-state index is 5.93. The van der Waals surface area contributed by atoms with Crippen LogP contribution >= 0.6 is 11.6 Å². The first-order chi connectivity index (χ1) is 8.33. The van der Waals surface area contributed by atoms with Gasteiger partial charge in [-0.15, -0.1) is 10.2 Å². The molecule has 1 fully saturated rings. The molecule has 0 spiro atoms. The summed E-state index contributed by atoms with van der Waals surface area (Å²) in [5, 5.41) is 12.1. The van der Waals surface area contributed by atoms with Crippen molar-refractivity contribution in [3.05, 3.63) is 35.2 Å². The molecule has 0 bridgehead atoms. The van der Waals surface area contributed by atoms with Crippen LogP contribution in [0.2, 0.25) is 5.02 Å². The third-order valence-electron chi connectivity index (χ3n) is 2.87. The number of hydrogen-bond acceptors (Lipinski definition) is 4. The Morgan fingerprint density at radius 1 is 1.35 bits per heavy atom. The van der Waals surface area contributed by atoms with Crippen molar-refractivity contribution in [1.82, 2.24) is 15.5 Å². The van der Waals surface area contributed by atoms with Gasteiger partial charge in [-0.3, -0.25) is 0 Å². The third kappa shape index (κ3) is 2.18. The lowest BCUT2D eigenvalue weighted by Crippen LogP contribution is -2.12. The largest absolute Gasteiger partial charge is 0.419 e. The van der Waals surface area contributed by atoms with Gasteiger partial charge in [-0.2, -0.15) is 0 Å². The zero-order chi connectivity index (χ0) is 11.7. The fourth-order valence-corrected chi connectivity index (χ4v) is 2.20. The summed E-state index contributed by atoms with van der Waals surface area (Å²) in [6.07, 6.45) is 2.21. The van der Waals surface area contributed by atoms with Crippen LogP contribution < -0.4 is 5.32 Å². The van der Waals surface area contributed by atoms with E-state index in [1.54, 1.807) is 0 Å². The van der Waals surface area contributed by atoms with E-state index in [9.17, 15) is 0 Å². The first-order valence-corrected chi connectivity index (χ1v) is 6.03. The van der Waals surface area contributed by atoms with E-state index in [4.69, 9.17) is 16.0 Å². The number of aromatic nitrogens is 2. The van der Waals surface area contributed by atoms with Gasteiger partial charge in [0.15, 0.2) is 0 Å². The molecule has 0 aliphatic carbocycles. The Morgan fingerprint density at radius 2 is 2.29 bits per heavy atom. The monoisotopic (exact) mass is 249 g/mol. The van der Waals surface area contributed by atoms with Crippen molar-refractivity contribution in [3.63, 3.8) is 0 Å². The van der Waals surface area contributed by atoms with E-state index in [0.717, 1.165) is 24.9 Å². The Hall–Kier alpha value is -1.39. The molecule has 1 saturated heterocycles. The summed E-state index contributed by atoms with van der Waals surface area (Å²) in [4.78, 5) is 0. The number of hydrogen-bond donors (Lipinski definition) is 1. The van der Waals surface area contributed by atoms with Crippen LogP contribution in [-0.2, 0) is 0 Å². The lowest BCUT2D eigenvalue weighted by molar-refractivity contribution is 0.437. The average Bonchev–Trinajstić information content (AvgIpc) is 3.00.